The zero-order valence-corrected chi connectivity index (χ0v) is 18.2. The lowest BCUT2D eigenvalue weighted by Gasteiger charge is -2.40. The lowest BCUT2D eigenvalue weighted by atomic mass is 9.90. The maximum Gasteiger partial charge on any atom is 0.262 e. The molecule has 1 amide bonds. The van der Waals surface area contributed by atoms with Gasteiger partial charge < -0.3 is 9.64 Å². The van der Waals surface area contributed by atoms with E-state index in [1.54, 1.807) is 11.3 Å². The molecule has 4 rings (SSSR count). The summed E-state index contributed by atoms with van der Waals surface area (Å²) in [5.41, 5.74) is 2.80. The Morgan fingerprint density at radius 1 is 1.24 bits per heavy atom. The molecule has 0 saturated carbocycles. The summed E-state index contributed by atoms with van der Waals surface area (Å²) in [6.07, 6.45) is 8.28. The highest BCUT2D eigenvalue weighted by Crippen LogP contribution is 2.28. The Kier molecular flexibility index (Phi) is 6.88. The molecule has 1 N–H and O–H groups in total. The van der Waals surface area contributed by atoms with Crippen molar-refractivity contribution in [1.29, 1.82) is 0 Å². The minimum atomic E-state index is 0.0689. The summed E-state index contributed by atoms with van der Waals surface area (Å²) in [7, 11) is 0. The van der Waals surface area contributed by atoms with E-state index in [4.69, 9.17) is 4.74 Å². The second kappa shape index (κ2) is 9.77. The van der Waals surface area contributed by atoms with Crippen molar-refractivity contribution in [2.75, 3.05) is 13.2 Å². The van der Waals surface area contributed by atoms with Crippen LogP contribution >= 0.6 is 11.3 Å². The Hall–Kier alpha value is -1.85. The minimum absolute atomic E-state index is 0.0689. The Bertz CT molecular complexity index is 803. The summed E-state index contributed by atoms with van der Waals surface area (Å²) in [5, 5.41) is 5.71. The van der Waals surface area contributed by atoms with Crippen molar-refractivity contribution in [3.63, 3.8) is 0 Å². The maximum absolute atomic E-state index is 13.3. The normalized spacial score (nSPS) is 21.0. The molecule has 1 aliphatic carbocycles. The molecule has 1 saturated heterocycles. The number of carbonyl (C=O) groups excluding carboxylic acids is 1. The van der Waals surface area contributed by atoms with Gasteiger partial charge in [0.2, 0.25) is 0 Å². The van der Waals surface area contributed by atoms with Crippen LogP contribution in [-0.2, 0) is 24.2 Å². The first-order valence-electron chi connectivity index (χ1n) is 11.0. The van der Waals surface area contributed by atoms with Crippen molar-refractivity contribution >= 4 is 17.2 Å². The highest BCUT2D eigenvalue weighted by atomic mass is 32.1. The van der Waals surface area contributed by atoms with Crippen LogP contribution in [0.2, 0.25) is 0 Å². The van der Waals surface area contributed by atoms with Gasteiger partial charge in [0.1, 0.15) is 5.75 Å². The molecule has 0 spiro atoms. The number of thiophene rings is 1. The average molecular weight is 413 g/mol. The molecular weight excluding hydrogens is 380 g/mol. The number of aryl methyl sites for hydroxylation is 2. The van der Waals surface area contributed by atoms with E-state index in [1.807, 2.05) is 11.0 Å². The van der Waals surface area contributed by atoms with Gasteiger partial charge >= 0.3 is 0 Å². The van der Waals surface area contributed by atoms with E-state index in [-0.39, 0.29) is 18.7 Å². The molecule has 5 heteroatoms. The number of hydrogen-bond acceptors (Lipinski definition) is 4. The van der Waals surface area contributed by atoms with Crippen LogP contribution in [0.4, 0.5) is 0 Å². The SMILES string of the molecule is CCCC1CCCNC1N(Cc1cccs1)C(=O)COc1ccc2c(c1)CCC2. The second-order valence-electron chi connectivity index (χ2n) is 8.26. The smallest absolute Gasteiger partial charge is 0.262 e. The number of rotatable bonds is 8. The molecule has 0 bridgehead atoms. The number of hydrogen-bond donors (Lipinski definition) is 1. The van der Waals surface area contributed by atoms with Crippen molar-refractivity contribution in [1.82, 2.24) is 10.2 Å². The Balaban J connectivity index is 1.46. The third-order valence-corrected chi connectivity index (χ3v) is 7.07. The van der Waals surface area contributed by atoms with Gasteiger partial charge in [-0.25, -0.2) is 0 Å². The van der Waals surface area contributed by atoms with Crippen LogP contribution in [0.5, 0.6) is 5.75 Å². The fourth-order valence-corrected chi connectivity index (χ4v) is 5.46. The number of carbonyl (C=O) groups is 1. The van der Waals surface area contributed by atoms with Gasteiger partial charge in [-0.3, -0.25) is 10.1 Å². The van der Waals surface area contributed by atoms with Gasteiger partial charge in [0.15, 0.2) is 6.61 Å². The Morgan fingerprint density at radius 2 is 2.14 bits per heavy atom. The van der Waals surface area contributed by atoms with E-state index in [9.17, 15) is 4.79 Å². The number of amides is 1. The molecule has 2 atom stereocenters. The number of nitrogens with one attached hydrogen (secondary N) is 1. The molecule has 4 nitrogen and oxygen atoms in total. The predicted molar refractivity (Wildman–Crippen MR) is 118 cm³/mol. The van der Waals surface area contributed by atoms with Gasteiger partial charge in [0, 0.05) is 4.88 Å². The third kappa shape index (κ3) is 5.01. The van der Waals surface area contributed by atoms with Crippen LogP contribution in [0.25, 0.3) is 0 Å². The summed E-state index contributed by atoms with van der Waals surface area (Å²) in [4.78, 5) is 16.5. The maximum atomic E-state index is 13.3. The lowest BCUT2D eigenvalue weighted by molar-refractivity contribution is -0.139. The first-order valence-corrected chi connectivity index (χ1v) is 11.9. The van der Waals surface area contributed by atoms with Crippen LogP contribution < -0.4 is 10.1 Å². The molecule has 1 aliphatic heterocycles. The minimum Gasteiger partial charge on any atom is -0.484 e. The molecule has 2 heterocycles. The summed E-state index contributed by atoms with van der Waals surface area (Å²) in [6.45, 7) is 3.96. The van der Waals surface area contributed by atoms with E-state index in [2.05, 4.69) is 41.9 Å². The molecule has 156 valence electrons. The second-order valence-corrected chi connectivity index (χ2v) is 9.30. The fraction of sp³-hybridized carbons (Fsp3) is 0.542. The summed E-state index contributed by atoms with van der Waals surface area (Å²) >= 11 is 1.71. The zero-order valence-electron chi connectivity index (χ0n) is 17.4. The topological polar surface area (TPSA) is 41.6 Å². The van der Waals surface area contributed by atoms with Gasteiger partial charge in [-0.1, -0.05) is 25.5 Å². The van der Waals surface area contributed by atoms with Crippen molar-refractivity contribution in [2.24, 2.45) is 5.92 Å². The fourth-order valence-electron chi connectivity index (χ4n) is 4.75. The van der Waals surface area contributed by atoms with E-state index in [0.717, 1.165) is 38.0 Å². The summed E-state index contributed by atoms with van der Waals surface area (Å²) in [6, 6.07) is 10.5. The molecule has 29 heavy (non-hydrogen) atoms. The Morgan fingerprint density at radius 3 is 2.97 bits per heavy atom. The molecular formula is C24H32N2O2S. The summed E-state index contributed by atoms with van der Waals surface area (Å²) in [5.74, 6) is 1.40. The standard InChI is InChI=1S/C24H32N2O2S/c1-2-6-19-9-4-13-25-24(19)26(16-22-10-5-14-29-22)23(27)17-28-21-12-11-18-7-3-8-20(18)15-21/h5,10-12,14-15,19,24-25H,2-4,6-9,13,16-17H2,1H3. The highest BCUT2D eigenvalue weighted by Gasteiger charge is 2.32. The van der Waals surface area contributed by atoms with Gasteiger partial charge in [0.25, 0.3) is 5.91 Å². The predicted octanol–water partition coefficient (Wildman–Crippen LogP) is 4.77. The molecule has 2 aromatic rings. The molecule has 1 aromatic heterocycles. The molecule has 2 unspecified atom stereocenters. The van der Waals surface area contributed by atoms with Gasteiger partial charge in [-0.2, -0.15) is 0 Å². The highest BCUT2D eigenvalue weighted by molar-refractivity contribution is 7.09. The van der Waals surface area contributed by atoms with Crippen LogP contribution in [0.15, 0.2) is 35.7 Å². The molecule has 1 aromatic carbocycles. The zero-order chi connectivity index (χ0) is 20.1. The first kappa shape index (κ1) is 20.4. The number of fused-ring (bicyclic) bond motifs is 1. The summed E-state index contributed by atoms with van der Waals surface area (Å²) < 4.78 is 5.96. The van der Waals surface area contributed by atoms with Crippen molar-refractivity contribution in [3.8, 4) is 5.75 Å². The largest absolute Gasteiger partial charge is 0.484 e. The number of nitrogens with zero attached hydrogens (tertiary/aromatic N) is 1. The van der Waals surface area contributed by atoms with Crippen molar-refractivity contribution in [3.05, 3.63) is 51.7 Å². The quantitative estimate of drug-likeness (QED) is 0.679. The lowest BCUT2D eigenvalue weighted by Crippen LogP contribution is -2.55. The van der Waals surface area contributed by atoms with E-state index in [1.165, 1.54) is 35.3 Å². The third-order valence-electron chi connectivity index (χ3n) is 6.21. The average Bonchev–Trinajstić information content (AvgIpc) is 3.42. The van der Waals surface area contributed by atoms with Crippen molar-refractivity contribution < 1.29 is 9.53 Å². The van der Waals surface area contributed by atoms with Gasteiger partial charge in [-0.05, 0) is 85.7 Å². The van der Waals surface area contributed by atoms with E-state index in [0.29, 0.717) is 12.5 Å². The molecule has 0 radical (unpaired) electrons. The first-order chi connectivity index (χ1) is 14.2. The van der Waals surface area contributed by atoms with Gasteiger partial charge in [0.05, 0.1) is 12.7 Å². The van der Waals surface area contributed by atoms with Crippen LogP contribution in [0.3, 0.4) is 0 Å². The van der Waals surface area contributed by atoms with Crippen LogP contribution in [0.1, 0.15) is 55.0 Å². The van der Waals surface area contributed by atoms with Crippen LogP contribution in [0, 0.1) is 5.92 Å². The van der Waals surface area contributed by atoms with Gasteiger partial charge in [-0.15, -0.1) is 11.3 Å². The van der Waals surface area contributed by atoms with E-state index >= 15 is 0 Å². The number of ether oxygens (including phenoxy) is 1. The monoisotopic (exact) mass is 412 g/mol. The number of piperidine rings is 1. The van der Waals surface area contributed by atoms with Crippen LogP contribution in [-0.4, -0.2) is 30.1 Å². The van der Waals surface area contributed by atoms with Crippen molar-refractivity contribution in [2.45, 2.75) is 64.6 Å². The Labute approximate surface area is 178 Å². The molecule has 1 fully saturated rings. The number of benzene rings is 1. The van der Waals surface area contributed by atoms with E-state index < -0.39 is 0 Å². The molecule has 2 aliphatic rings.